The van der Waals surface area contributed by atoms with Crippen molar-refractivity contribution in [3.05, 3.63) is 78.4 Å². The molecule has 0 saturated carbocycles. The Kier molecular flexibility index (Phi) is 6.43. The number of hydrogen-bond acceptors (Lipinski definition) is 7. The minimum atomic E-state index is -4.77. The number of aromatic nitrogens is 4. The molecule has 2 heterocycles. The van der Waals surface area contributed by atoms with Gasteiger partial charge in [0.1, 0.15) is 22.8 Å². The molecule has 33 heavy (non-hydrogen) atoms. The Balaban J connectivity index is 1.35. The Labute approximate surface area is 186 Å². The molecule has 168 valence electrons. The van der Waals surface area contributed by atoms with Gasteiger partial charge in [-0.25, -0.2) is 4.98 Å². The van der Waals surface area contributed by atoms with E-state index in [1.807, 2.05) is 0 Å². The summed E-state index contributed by atoms with van der Waals surface area (Å²) in [6.45, 7) is 0. The van der Waals surface area contributed by atoms with Crippen molar-refractivity contribution in [2.24, 2.45) is 0 Å². The van der Waals surface area contributed by atoms with Gasteiger partial charge < -0.3 is 9.47 Å². The third kappa shape index (κ3) is 6.22. The molecule has 7 nitrogen and oxygen atoms in total. The molecule has 0 radical (unpaired) electrons. The van der Waals surface area contributed by atoms with Gasteiger partial charge in [0.25, 0.3) is 0 Å². The van der Waals surface area contributed by atoms with Crippen molar-refractivity contribution in [1.82, 2.24) is 20.2 Å². The first kappa shape index (κ1) is 22.1. The van der Waals surface area contributed by atoms with Crippen LogP contribution in [0.25, 0.3) is 11.0 Å². The molecule has 2 aromatic carbocycles. The summed E-state index contributed by atoms with van der Waals surface area (Å²) >= 11 is 0. The second kappa shape index (κ2) is 9.60. The number of rotatable bonds is 8. The molecule has 0 N–H and O–H groups in total. The molecule has 0 aliphatic carbocycles. The van der Waals surface area contributed by atoms with Crippen molar-refractivity contribution in [3.63, 3.8) is 0 Å². The average molecular weight is 454 g/mol. The number of carbonyl (C=O) groups is 1. The number of alkyl halides is 3. The Bertz CT molecular complexity index is 1250. The Hall–Kier alpha value is -4.08. The maximum absolute atomic E-state index is 12.3. The number of pyridine rings is 1. The highest BCUT2D eigenvalue weighted by Gasteiger charge is 2.31. The molecule has 0 unspecified atom stereocenters. The predicted molar refractivity (Wildman–Crippen MR) is 112 cm³/mol. The van der Waals surface area contributed by atoms with E-state index in [0.29, 0.717) is 46.8 Å². The quantitative estimate of drug-likeness (QED) is 0.333. The molecule has 0 fully saturated rings. The number of aryl methyl sites for hydroxylation is 1. The number of nitrogens with zero attached hydrogens (tertiary/aromatic N) is 4. The van der Waals surface area contributed by atoms with E-state index in [4.69, 9.17) is 4.74 Å². The van der Waals surface area contributed by atoms with Crippen LogP contribution in [-0.4, -0.2) is 32.3 Å². The van der Waals surface area contributed by atoms with Gasteiger partial charge in [0.15, 0.2) is 11.6 Å². The number of ether oxygens (including phenoxy) is 2. The second-order valence-corrected chi connectivity index (χ2v) is 7.01. The summed E-state index contributed by atoms with van der Waals surface area (Å²) in [4.78, 5) is 20.8. The summed E-state index contributed by atoms with van der Waals surface area (Å²) in [5.74, 6) is 1.14. The first-order valence-corrected chi connectivity index (χ1v) is 9.96. The van der Waals surface area contributed by atoms with Crippen LogP contribution in [0.5, 0.6) is 17.2 Å². The lowest BCUT2D eigenvalue weighted by Crippen LogP contribution is -2.17. The Morgan fingerprint density at radius 2 is 1.58 bits per heavy atom. The normalized spacial score (nSPS) is 11.4. The van der Waals surface area contributed by atoms with E-state index in [1.54, 1.807) is 42.7 Å². The van der Waals surface area contributed by atoms with Crippen LogP contribution in [0.4, 0.5) is 13.2 Å². The number of hydrogen-bond donors (Lipinski definition) is 0. The third-order valence-electron chi connectivity index (χ3n) is 4.57. The van der Waals surface area contributed by atoms with Crippen LogP contribution in [0.15, 0.2) is 67.0 Å². The second-order valence-electron chi connectivity index (χ2n) is 7.01. The molecule has 0 spiro atoms. The lowest BCUT2D eigenvalue weighted by atomic mass is 10.1. The molecule has 2 aromatic heterocycles. The fourth-order valence-electron chi connectivity index (χ4n) is 3.06. The molecule has 0 saturated heterocycles. The van der Waals surface area contributed by atoms with Crippen LogP contribution in [0, 0.1) is 0 Å². The van der Waals surface area contributed by atoms with Gasteiger partial charge >= 0.3 is 6.36 Å². The number of halogens is 3. The molecule has 0 aliphatic heterocycles. The molecule has 0 bridgehead atoms. The van der Waals surface area contributed by atoms with Gasteiger partial charge in [0.2, 0.25) is 0 Å². The molecule has 0 atom stereocenters. The van der Waals surface area contributed by atoms with Gasteiger partial charge in [-0.2, -0.15) is 0 Å². The minimum Gasteiger partial charge on any atom is -0.457 e. The van der Waals surface area contributed by atoms with E-state index >= 15 is 0 Å². The number of ketones is 1. The summed E-state index contributed by atoms with van der Waals surface area (Å²) in [5.41, 5.74) is 1.52. The molecule has 0 amide bonds. The third-order valence-corrected chi connectivity index (χ3v) is 4.57. The summed E-state index contributed by atoms with van der Waals surface area (Å²) in [5, 5.41) is 8.25. The van der Waals surface area contributed by atoms with Crippen LogP contribution in [0.1, 0.15) is 29.0 Å². The Morgan fingerprint density at radius 3 is 2.30 bits per heavy atom. The van der Waals surface area contributed by atoms with Crippen molar-refractivity contribution in [2.75, 3.05) is 0 Å². The molecule has 4 aromatic rings. The van der Waals surface area contributed by atoms with Crippen LogP contribution in [0.2, 0.25) is 0 Å². The molecular weight excluding hydrogens is 437 g/mol. The van der Waals surface area contributed by atoms with Crippen molar-refractivity contribution in [1.29, 1.82) is 0 Å². The van der Waals surface area contributed by atoms with E-state index in [-0.39, 0.29) is 18.0 Å². The highest BCUT2D eigenvalue weighted by atomic mass is 19.4. The molecule has 4 rings (SSSR count). The SMILES string of the molecule is O=C(CCCc1nnc2ccc(Oc3ccncc3)cc2n1)c1ccc(OC(F)(F)F)cc1. The first-order valence-electron chi connectivity index (χ1n) is 9.96. The molecule has 0 aliphatic rings. The number of fused-ring (bicyclic) bond motifs is 1. The van der Waals surface area contributed by atoms with Crippen LogP contribution < -0.4 is 9.47 Å². The zero-order valence-corrected chi connectivity index (χ0v) is 17.1. The lowest BCUT2D eigenvalue weighted by Gasteiger charge is -2.09. The van der Waals surface area contributed by atoms with Crippen molar-refractivity contribution in [2.45, 2.75) is 25.6 Å². The van der Waals surface area contributed by atoms with Crippen LogP contribution in [0.3, 0.4) is 0 Å². The van der Waals surface area contributed by atoms with Gasteiger partial charge in [-0.15, -0.1) is 23.4 Å². The summed E-state index contributed by atoms with van der Waals surface area (Å²) in [6.07, 6.45) is -0.453. The van der Waals surface area contributed by atoms with E-state index in [9.17, 15) is 18.0 Å². The number of benzene rings is 2. The number of Topliss-reactive ketones (excluding diaryl/α,β-unsaturated/α-hetero) is 1. The first-order chi connectivity index (χ1) is 15.9. The van der Waals surface area contributed by atoms with Gasteiger partial charge in [0.05, 0.1) is 5.52 Å². The van der Waals surface area contributed by atoms with Crippen molar-refractivity contribution >= 4 is 16.8 Å². The fraction of sp³-hybridized carbons (Fsp3) is 0.174. The minimum absolute atomic E-state index is 0.187. The Morgan fingerprint density at radius 1 is 0.848 bits per heavy atom. The number of carbonyl (C=O) groups excluding carboxylic acids is 1. The van der Waals surface area contributed by atoms with Crippen LogP contribution in [-0.2, 0) is 6.42 Å². The topological polar surface area (TPSA) is 87.1 Å². The highest BCUT2D eigenvalue weighted by Crippen LogP contribution is 2.24. The van der Waals surface area contributed by atoms with Crippen LogP contribution >= 0.6 is 0 Å². The zero-order valence-electron chi connectivity index (χ0n) is 17.1. The standard InChI is InChI=1S/C23H17F3N4O3/c24-23(25,26)33-17-6-4-15(5-7-17)21(31)2-1-3-22-28-20-14-18(8-9-19(20)29-30-22)32-16-10-12-27-13-11-16/h4-14H,1-3H2. The zero-order chi connectivity index (χ0) is 23.3. The van der Waals surface area contributed by atoms with E-state index in [1.165, 1.54) is 12.1 Å². The van der Waals surface area contributed by atoms with E-state index in [2.05, 4.69) is 24.9 Å². The largest absolute Gasteiger partial charge is 0.573 e. The summed E-state index contributed by atoms with van der Waals surface area (Å²) in [6, 6.07) is 13.6. The summed E-state index contributed by atoms with van der Waals surface area (Å²) < 4.78 is 46.3. The van der Waals surface area contributed by atoms with Gasteiger partial charge in [-0.3, -0.25) is 9.78 Å². The van der Waals surface area contributed by atoms with Gasteiger partial charge in [-0.1, -0.05) is 0 Å². The summed E-state index contributed by atoms with van der Waals surface area (Å²) in [7, 11) is 0. The van der Waals surface area contributed by atoms with Crippen molar-refractivity contribution < 1.29 is 27.4 Å². The fourth-order valence-corrected chi connectivity index (χ4v) is 3.06. The lowest BCUT2D eigenvalue weighted by molar-refractivity contribution is -0.274. The highest BCUT2D eigenvalue weighted by molar-refractivity contribution is 5.96. The maximum Gasteiger partial charge on any atom is 0.573 e. The molecule has 10 heteroatoms. The van der Waals surface area contributed by atoms with Gasteiger partial charge in [0, 0.05) is 36.9 Å². The predicted octanol–water partition coefficient (Wildman–Crippen LogP) is 5.32. The molecular formula is C23H17F3N4O3. The van der Waals surface area contributed by atoms with Crippen molar-refractivity contribution in [3.8, 4) is 17.2 Å². The monoisotopic (exact) mass is 454 g/mol. The van der Waals surface area contributed by atoms with E-state index < -0.39 is 6.36 Å². The van der Waals surface area contributed by atoms with E-state index in [0.717, 1.165) is 12.1 Å². The van der Waals surface area contributed by atoms with Gasteiger partial charge in [-0.05, 0) is 55.0 Å². The smallest absolute Gasteiger partial charge is 0.457 e. The maximum atomic E-state index is 12.3. The average Bonchev–Trinajstić information content (AvgIpc) is 2.79.